The molecular formula is C21H25NO2. The van der Waals surface area contributed by atoms with Crippen LogP contribution < -0.4 is 0 Å². The van der Waals surface area contributed by atoms with Crippen LogP contribution in [0.2, 0.25) is 0 Å². The Bertz CT molecular complexity index is 715. The van der Waals surface area contributed by atoms with E-state index in [1.54, 1.807) is 6.08 Å². The minimum Gasteiger partial charge on any atom is -0.504 e. The van der Waals surface area contributed by atoms with Gasteiger partial charge in [-0.15, -0.1) is 0 Å². The van der Waals surface area contributed by atoms with Gasteiger partial charge < -0.3 is 10.2 Å². The number of aliphatic hydroxyl groups excluding tert-OH is 2. The first-order chi connectivity index (χ1) is 11.7. The first-order valence-corrected chi connectivity index (χ1v) is 9.06. The van der Waals surface area contributed by atoms with Crippen LogP contribution in [0.25, 0.3) is 0 Å². The summed E-state index contributed by atoms with van der Waals surface area (Å²) in [4.78, 5) is 2.63. The summed E-state index contributed by atoms with van der Waals surface area (Å²) in [5.41, 5.74) is 5.19. The van der Waals surface area contributed by atoms with Crippen LogP contribution in [0.3, 0.4) is 0 Å². The first-order valence-electron chi connectivity index (χ1n) is 9.06. The Hall–Kier alpha value is -2.00. The smallest absolute Gasteiger partial charge is 0.160 e. The highest BCUT2D eigenvalue weighted by atomic mass is 16.3. The highest BCUT2D eigenvalue weighted by Gasteiger charge is 2.35. The van der Waals surface area contributed by atoms with Crippen molar-refractivity contribution in [2.75, 3.05) is 13.1 Å². The molecule has 1 heterocycles. The second kappa shape index (κ2) is 6.48. The average Bonchev–Trinajstić information content (AvgIpc) is 2.63. The lowest BCUT2D eigenvalue weighted by atomic mass is 9.76. The minimum absolute atomic E-state index is 0.0598. The monoisotopic (exact) mass is 323 g/mol. The number of nitrogens with zero attached hydrogens (tertiary/aromatic N) is 1. The third-order valence-corrected chi connectivity index (χ3v) is 5.71. The van der Waals surface area contributed by atoms with E-state index < -0.39 is 0 Å². The predicted octanol–water partition coefficient (Wildman–Crippen LogP) is 4.44. The van der Waals surface area contributed by atoms with Crippen molar-refractivity contribution >= 4 is 0 Å². The quantitative estimate of drug-likeness (QED) is 0.864. The van der Waals surface area contributed by atoms with E-state index in [0.717, 1.165) is 44.2 Å². The fraction of sp³-hybridized carbons (Fsp3) is 0.429. The van der Waals surface area contributed by atoms with E-state index in [9.17, 15) is 10.2 Å². The molecule has 1 fully saturated rings. The normalized spacial score (nSPS) is 24.5. The van der Waals surface area contributed by atoms with Crippen LogP contribution in [0.5, 0.6) is 0 Å². The van der Waals surface area contributed by atoms with Gasteiger partial charge in [-0.3, -0.25) is 4.90 Å². The van der Waals surface area contributed by atoms with Gasteiger partial charge in [-0.1, -0.05) is 30.3 Å². The molecule has 1 aliphatic heterocycles. The van der Waals surface area contributed by atoms with Gasteiger partial charge in [0.1, 0.15) is 0 Å². The Morgan fingerprint density at radius 1 is 1.04 bits per heavy atom. The number of benzene rings is 1. The van der Waals surface area contributed by atoms with Crippen LogP contribution in [0.15, 0.2) is 64.6 Å². The molecule has 4 rings (SSSR count). The van der Waals surface area contributed by atoms with Crippen LogP contribution in [-0.2, 0) is 6.42 Å². The van der Waals surface area contributed by atoms with Gasteiger partial charge in [-0.25, -0.2) is 0 Å². The average molecular weight is 323 g/mol. The third-order valence-electron chi connectivity index (χ3n) is 5.71. The lowest BCUT2D eigenvalue weighted by Gasteiger charge is -2.43. The molecule has 0 radical (unpaired) electrons. The number of hydrogen-bond donors (Lipinski definition) is 2. The van der Waals surface area contributed by atoms with E-state index in [0.29, 0.717) is 6.04 Å². The number of hydrogen-bond acceptors (Lipinski definition) is 3. The van der Waals surface area contributed by atoms with Crippen LogP contribution in [-0.4, -0.2) is 34.2 Å². The van der Waals surface area contributed by atoms with Crippen molar-refractivity contribution in [3.8, 4) is 0 Å². The summed E-state index contributed by atoms with van der Waals surface area (Å²) >= 11 is 0. The summed E-state index contributed by atoms with van der Waals surface area (Å²) < 4.78 is 0. The van der Waals surface area contributed by atoms with Gasteiger partial charge in [0.15, 0.2) is 11.5 Å². The third kappa shape index (κ3) is 2.78. The lowest BCUT2D eigenvalue weighted by Crippen LogP contribution is -2.44. The Morgan fingerprint density at radius 3 is 2.71 bits per heavy atom. The molecule has 3 nitrogen and oxygen atoms in total. The van der Waals surface area contributed by atoms with Gasteiger partial charge in [0.2, 0.25) is 0 Å². The maximum atomic E-state index is 10.2. The fourth-order valence-electron chi connectivity index (χ4n) is 4.50. The second-order valence-corrected chi connectivity index (χ2v) is 7.05. The molecule has 0 aromatic heterocycles. The molecule has 3 aliphatic rings. The lowest BCUT2D eigenvalue weighted by molar-refractivity contribution is 0.178. The zero-order valence-electron chi connectivity index (χ0n) is 14.0. The Balaban J connectivity index is 1.55. The summed E-state index contributed by atoms with van der Waals surface area (Å²) in [6, 6.07) is 11.2. The van der Waals surface area contributed by atoms with Gasteiger partial charge >= 0.3 is 0 Å². The van der Waals surface area contributed by atoms with Crippen molar-refractivity contribution in [1.82, 2.24) is 4.90 Å². The van der Waals surface area contributed by atoms with Crippen LogP contribution in [0, 0.1) is 0 Å². The highest BCUT2D eigenvalue weighted by Crippen LogP contribution is 2.42. The molecule has 1 unspecified atom stereocenters. The maximum absolute atomic E-state index is 10.2. The SMILES string of the molecule is OC1=CCC2=C3CCCN(CCc4ccccc4)C3CCC2=C1O. The van der Waals surface area contributed by atoms with E-state index in [4.69, 9.17) is 0 Å². The largest absolute Gasteiger partial charge is 0.504 e. The number of fused-ring (bicyclic) bond motifs is 2. The molecule has 1 aromatic carbocycles. The molecule has 1 saturated heterocycles. The van der Waals surface area contributed by atoms with Gasteiger partial charge in [0.05, 0.1) is 0 Å². The van der Waals surface area contributed by atoms with Gasteiger partial charge in [-0.05, 0) is 67.9 Å². The molecule has 1 aromatic rings. The number of likely N-dealkylation sites (tertiary alicyclic amines) is 1. The molecule has 0 spiro atoms. The molecule has 0 amide bonds. The van der Waals surface area contributed by atoms with Gasteiger partial charge in [-0.2, -0.15) is 0 Å². The summed E-state index contributed by atoms with van der Waals surface area (Å²) in [6.45, 7) is 2.26. The molecule has 2 N–H and O–H groups in total. The van der Waals surface area contributed by atoms with Crippen molar-refractivity contribution in [2.24, 2.45) is 0 Å². The van der Waals surface area contributed by atoms with Crippen LogP contribution in [0.1, 0.15) is 37.7 Å². The first kappa shape index (κ1) is 15.5. The summed E-state index contributed by atoms with van der Waals surface area (Å²) in [5, 5.41) is 20.0. The predicted molar refractivity (Wildman–Crippen MR) is 96.0 cm³/mol. The van der Waals surface area contributed by atoms with Crippen molar-refractivity contribution in [3.05, 3.63) is 70.2 Å². The Labute approximate surface area is 143 Å². The zero-order chi connectivity index (χ0) is 16.5. The maximum Gasteiger partial charge on any atom is 0.160 e. The number of aliphatic hydroxyl groups is 2. The van der Waals surface area contributed by atoms with E-state index in [1.165, 1.54) is 29.7 Å². The van der Waals surface area contributed by atoms with Crippen LogP contribution >= 0.6 is 0 Å². The van der Waals surface area contributed by atoms with E-state index in [2.05, 4.69) is 35.2 Å². The fourth-order valence-corrected chi connectivity index (χ4v) is 4.50. The minimum atomic E-state index is 0.0598. The summed E-state index contributed by atoms with van der Waals surface area (Å²) in [6.07, 6.45) is 7.86. The molecule has 24 heavy (non-hydrogen) atoms. The Morgan fingerprint density at radius 2 is 1.88 bits per heavy atom. The summed E-state index contributed by atoms with van der Waals surface area (Å²) in [7, 11) is 0. The molecule has 0 bridgehead atoms. The highest BCUT2D eigenvalue weighted by molar-refractivity contribution is 5.50. The van der Waals surface area contributed by atoms with Gasteiger partial charge in [0, 0.05) is 18.2 Å². The van der Waals surface area contributed by atoms with E-state index in [-0.39, 0.29) is 11.5 Å². The van der Waals surface area contributed by atoms with Crippen molar-refractivity contribution in [1.29, 1.82) is 0 Å². The van der Waals surface area contributed by atoms with Crippen molar-refractivity contribution in [3.63, 3.8) is 0 Å². The van der Waals surface area contributed by atoms with Crippen molar-refractivity contribution < 1.29 is 10.2 Å². The second-order valence-electron chi connectivity index (χ2n) is 7.05. The molecule has 126 valence electrons. The molecule has 3 heteroatoms. The van der Waals surface area contributed by atoms with Gasteiger partial charge in [0.25, 0.3) is 0 Å². The number of piperidine rings is 1. The Kier molecular flexibility index (Phi) is 4.19. The number of allylic oxidation sites excluding steroid dienone is 3. The van der Waals surface area contributed by atoms with E-state index in [1.807, 2.05) is 0 Å². The summed E-state index contributed by atoms with van der Waals surface area (Å²) in [5.74, 6) is 0.174. The molecule has 1 atom stereocenters. The standard InChI is InChI=1S/C21H25NO2/c23-20-11-9-16-17-7-4-13-22(14-12-15-5-2-1-3-6-15)19(17)10-8-18(16)21(20)24/h1-3,5-6,11,19,23-24H,4,7-10,12-14H2. The van der Waals surface area contributed by atoms with Crippen molar-refractivity contribution in [2.45, 2.75) is 44.6 Å². The molecular weight excluding hydrogens is 298 g/mol. The topological polar surface area (TPSA) is 43.7 Å². The molecule has 2 aliphatic carbocycles. The number of rotatable bonds is 3. The molecule has 0 saturated carbocycles. The van der Waals surface area contributed by atoms with Crippen LogP contribution in [0.4, 0.5) is 0 Å². The zero-order valence-corrected chi connectivity index (χ0v) is 14.0. The van der Waals surface area contributed by atoms with E-state index >= 15 is 0 Å².